The third kappa shape index (κ3) is 3.13. The number of hydrazone groups is 1. The van der Waals surface area contributed by atoms with Crippen molar-refractivity contribution in [2.24, 2.45) is 5.10 Å². The Hall–Kier alpha value is -1.75. The average Bonchev–Trinajstić information content (AvgIpc) is 2.40. The van der Waals surface area contributed by atoms with Gasteiger partial charge in [0.1, 0.15) is 11.5 Å². The zero-order valence-corrected chi connectivity index (χ0v) is 10.8. The first-order valence-corrected chi connectivity index (χ1v) is 6.03. The molecule has 0 spiro atoms. The number of ether oxygens (including phenoxy) is 1. The van der Waals surface area contributed by atoms with Crippen molar-refractivity contribution < 1.29 is 9.84 Å². The molecule has 0 radical (unpaired) electrons. The normalized spacial score (nSPS) is 17.3. The largest absolute Gasteiger partial charge is 0.507 e. The van der Waals surface area contributed by atoms with E-state index in [2.05, 4.69) is 17.0 Å². The molecule has 0 atom stereocenters. The van der Waals surface area contributed by atoms with E-state index in [4.69, 9.17) is 4.74 Å². The number of likely N-dealkylation sites (N-methyl/N-ethyl adjacent to an activating group) is 1. The number of hydrogen-bond acceptors (Lipinski definition) is 5. The summed E-state index contributed by atoms with van der Waals surface area (Å²) in [7, 11) is 3.71. The summed E-state index contributed by atoms with van der Waals surface area (Å²) >= 11 is 0. The van der Waals surface area contributed by atoms with Crippen LogP contribution in [0.4, 0.5) is 0 Å². The highest BCUT2D eigenvalue weighted by Crippen LogP contribution is 2.21. The van der Waals surface area contributed by atoms with Crippen molar-refractivity contribution in [1.29, 1.82) is 0 Å². The molecule has 5 nitrogen and oxygen atoms in total. The molecule has 0 bridgehead atoms. The molecule has 1 aromatic carbocycles. The smallest absolute Gasteiger partial charge is 0.124 e. The van der Waals surface area contributed by atoms with E-state index in [1.54, 1.807) is 31.5 Å². The third-order valence-electron chi connectivity index (χ3n) is 3.07. The number of benzene rings is 1. The van der Waals surface area contributed by atoms with Crippen LogP contribution in [0.15, 0.2) is 23.3 Å². The van der Waals surface area contributed by atoms with Crippen molar-refractivity contribution in [2.45, 2.75) is 0 Å². The number of nitrogens with zero attached hydrogens (tertiary/aromatic N) is 3. The van der Waals surface area contributed by atoms with Gasteiger partial charge in [0.15, 0.2) is 0 Å². The van der Waals surface area contributed by atoms with Gasteiger partial charge < -0.3 is 14.7 Å². The fraction of sp³-hybridized carbons (Fsp3) is 0.462. The van der Waals surface area contributed by atoms with Crippen molar-refractivity contribution in [1.82, 2.24) is 9.91 Å². The lowest BCUT2D eigenvalue weighted by Gasteiger charge is -2.30. The Balaban J connectivity index is 2.04. The highest BCUT2D eigenvalue weighted by molar-refractivity contribution is 5.83. The van der Waals surface area contributed by atoms with Crippen LogP contribution in [0.5, 0.6) is 11.5 Å². The molecular weight excluding hydrogens is 230 g/mol. The molecule has 0 amide bonds. The van der Waals surface area contributed by atoms with Crippen molar-refractivity contribution in [3.05, 3.63) is 23.8 Å². The molecule has 1 saturated heterocycles. The van der Waals surface area contributed by atoms with Gasteiger partial charge in [-0.3, -0.25) is 5.01 Å². The highest BCUT2D eigenvalue weighted by Gasteiger charge is 2.11. The van der Waals surface area contributed by atoms with E-state index >= 15 is 0 Å². The Morgan fingerprint density at radius 3 is 2.67 bits per heavy atom. The second-order valence-electron chi connectivity index (χ2n) is 4.43. The summed E-state index contributed by atoms with van der Waals surface area (Å²) in [4.78, 5) is 2.27. The molecule has 18 heavy (non-hydrogen) atoms. The van der Waals surface area contributed by atoms with Gasteiger partial charge in [-0.2, -0.15) is 5.10 Å². The minimum atomic E-state index is 0.216. The molecule has 1 N–H and O–H groups in total. The van der Waals surface area contributed by atoms with E-state index in [1.165, 1.54) is 0 Å². The summed E-state index contributed by atoms with van der Waals surface area (Å²) in [5, 5.41) is 16.1. The fourth-order valence-electron chi connectivity index (χ4n) is 1.82. The summed E-state index contributed by atoms with van der Waals surface area (Å²) in [6, 6.07) is 5.11. The molecule has 2 rings (SSSR count). The number of piperazine rings is 1. The van der Waals surface area contributed by atoms with Crippen LogP contribution in [0.1, 0.15) is 5.56 Å². The molecule has 1 aliphatic heterocycles. The van der Waals surface area contributed by atoms with E-state index in [9.17, 15) is 5.11 Å². The SMILES string of the molecule is COc1ccc(O)c(C=NN2CCN(C)CC2)c1. The maximum atomic E-state index is 9.73. The van der Waals surface area contributed by atoms with Gasteiger partial charge >= 0.3 is 0 Å². The Morgan fingerprint density at radius 2 is 2.00 bits per heavy atom. The highest BCUT2D eigenvalue weighted by atomic mass is 16.5. The molecular formula is C13H19N3O2. The van der Waals surface area contributed by atoms with Gasteiger partial charge in [0, 0.05) is 31.7 Å². The minimum absolute atomic E-state index is 0.216. The van der Waals surface area contributed by atoms with E-state index in [0.717, 1.165) is 26.2 Å². The summed E-state index contributed by atoms with van der Waals surface area (Å²) < 4.78 is 5.12. The summed E-state index contributed by atoms with van der Waals surface area (Å²) in [5.74, 6) is 0.932. The second kappa shape index (κ2) is 5.73. The standard InChI is InChI=1S/C13H19N3O2/c1-15-5-7-16(8-6-15)14-10-11-9-12(18-2)3-4-13(11)17/h3-4,9-10,17H,5-8H2,1-2H3. The molecule has 1 aliphatic rings. The molecule has 1 aromatic rings. The van der Waals surface area contributed by atoms with E-state index < -0.39 is 0 Å². The summed E-state index contributed by atoms with van der Waals surface area (Å²) in [6.45, 7) is 3.86. The fourth-order valence-corrected chi connectivity index (χ4v) is 1.82. The quantitative estimate of drug-likeness (QED) is 0.811. The number of aromatic hydroxyl groups is 1. The Bertz CT molecular complexity index is 426. The molecule has 1 fully saturated rings. The van der Waals surface area contributed by atoms with Crippen LogP contribution in [0.3, 0.4) is 0 Å². The monoisotopic (exact) mass is 249 g/mol. The molecule has 5 heteroatoms. The van der Waals surface area contributed by atoms with Crippen molar-refractivity contribution in [2.75, 3.05) is 40.3 Å². The lowest BCUT2D eigenvalue weighted by atomic mass is 10.2. The van der Waals surface area contributed by atoms with E-state index in [0.29, 0.717) is 11.3 Å². The maximum Gasteiger partial charge on any atom is 0.124 e. The predicted molar refractivity (Wildman–Crippen MR) is 71.3 cm³/mol. The zero-order chi connectivity index (χ0) is 13.0. The van der Waals surface area contributed by atoms with Gasteiger partial charge in [0.2, 0.25) is 0 Å². The van der Waals surface area contributed by atoms with Crippen LogP contribution in [0.25, 0.3) is 0 Å². The van der Waals surface area contributed by atoms with Crippen LogP contribution >= 0.6 is 0 Å². The van der Waals surface area contributed by atoms with Crippen LogP contribution in [0.2, 0.25) is 0 Å². The number of rotatable bonds is 3. The first-order valence-electron chi connectivity index (χ1n) is 6.03. The first-order chi connectivity index (χ1) is 8.69. The number of phenols is 1. The number of methoxy groups -OCH3 is 1. The third-order valence-corrected chi connectivity index (χ3v) is 3.07. The van der Waals surface area contributed by atoms with Crippen molar-refractivity contribution >= 4 is 6.21 Å². The molecule has 0 unspecified atom stereocenters. The summed E-state index contributed by atoms with van der Waals surface area (Å²) in [6.07, 6.45) is 1.68. The van der Waals surface area contributed by atoms with Crippen LogP contribution in [0, 0.1) is 0 Å². The van der Waals surface area contributed by atoms with Crippen molar-refractivity contribution in [3.8, 4) is 11.5 Å². The first kappa shape index (κ1) is 12.7. The van der Waals surface area contributed by atoms with E-state index in [1.807, 2.05) is 5.01 Å². The Morgan fingerprint density at radius 1 is 1.28 bits per heavy atom. The van der Waals surface area contributed by atoms with Gasteiger partial charge in [-0.1, -0.05) is 0 Å². The molecule has 0 aromatic heterocycles. The van der Waals surface area contributed by atoms with Crippen LogP contribution < -0.4 is 4.74 Å². The zero-order valence-electron chi connectivity index (χ0n) is 10.8. The molecule has 98 valence electrons. The number of phenolic OH excluding ortho intramolecular Hbond substituents is 1. The van der Waals surface area contributed by atoms with Crippen LogP contribution in [-0.4, -0.2) is 61.6 Å². The Labute approximate surface area is 107 Å². The van der Waals surface area contributed by atoms with Gasteiger partial charge in [-0.25, -0.2) is 0 Å². The number of hydrogen-bond donors (Lipinski definition) is 1. The van der Waals surface area contributed by atoms with Gasteiger partial charge in [-0.15, -0.1) is 0 Å². The van der Waals surface area contributed by atoms with Crippen LogP contribution in [-0.2, 0) is 0 Å². The minimum Gasteiger partial charge on any atom is -0.507 e. The average molecular weight is 249 g/mol. The molecule has 0 saturated carbocycles. The van der Waals surface area contributed by atoms with E-state index in [-0.39, 0.29) is 5.75 Å². The predicted octanol–water partition coefficient (Wildman–Crippen LogP) is 0.982. The molecule has 0 aliphatic carbocycles. The lowest BCUT2D eigenvalue weighted by Crippen LogP contribution is -2.41. The summed E-state index contributed by atoms with van der Waals surface area (Å²) in [5.41, 5.74) is 0.674. The van der Waals surface area contributed by atoms with Crippen molar-refractivity contribution in [3.63, 3.8) is 0 Å². The maximum absolute atomic E-state index is 9.73. The Kier molecular flexibility index (Phi) is 4.04. The van der Waals surface area contributed by atoms with Gasteiger partial charge in [0.05, 0.1) is 13.3 Å². The molecule has 1 heterocycles. The second-order valence-corrected chi connectivity index (χ2v) is 4.43. The van der Waals surface area contributed by atoms with Gasteiger partial charge in [-0.05, 0) is 25.2 Å². The van der Waals surface area contributed by atoms with Gasteiger partial charge in [0.25, 0.3) is 0 Å². The lowest BCUT2D eigenvalue weighted by molar-refractivity contribution is 0.159. The topological polar surface area (TPSA) is 48.3 Å².